The standard InChI is InChI=1S/C22H35N5O4/c1-5-23-20(24-9-6-10-26-21(30)31-22(2,3)4)25-11-12-27-18(28)16-14-7-8-15(13-14)17(16)19(27)29/h7-8,14-17H,5-6,9-13H2,1-4H3,(H,26,30)(H2,23,24,25). The van der Waals surface area contributed by atoms with Gasteiger partial charge in [0.15, 0.2) is 5.96 Å². The number of hydrogen-bond donors (Lipinski definition) is 3. The highest BCUT2D eigenvalue weighted by Gasteiger charge is 2.58. The van der Waals surface area contributed by atoms with Crippen LogP contribution in [0.5, 0.6) is 0 Å². The average Bonchev–Trinajstić information content (AvgIpc) is 3.35. The van der Waals surface area contributed by atoms with Gasteiger partial charge in [-0.3, -0.25) is 19.5 Å². The lowest BCUT2D eigenvalue weighted by molar-refractivity contribution is -0.140. The number of amides is 3. The zero-order valence-electron chi connectivity index (χ0n) is 18.9. The molecule has 2 bridgehead atoms. The van der Waals surface area contributed by atoms with Gasteiger partial charge in [-0.15, -0.1) is 0 Å². The minimum absolute atomic E-state index is 0.0243. The third-order valence-electron chi connectivity index (χ3n) is 5.81. The molecule has 0 radical (unpaired) electrons. The summed E-state index contributed by atoms with van der Waals surface area (Å²) >= 11 is 0. The summed E-state index contributed by atoms with van der Waals surface area (Å²) in [6.45, 7) is 9.91. The molecule has 1 saturated carbocycles. The molecule has 1 saturated heterocycles. The van der Waals surface area contributed by atoms with E-state index in [2.05, 4.69) is 33.1 Å². The summed E-state index contributed by atoms with van der Waals surface area (Å²) in [7, 11) is 0. The van der Waals surface area contributed by atoms with Gasteiger partial charge in [0.1, 0.15) is 5.60 Å². The predicted octanol–water partition coefficient (Wildman–Crippen LogP) is 1.26. The molecule has 0 aromatic carbocycles. The maximum Gasteiger partial charge on any atom is 0.407 e. The van der Waals surface area contributed by atoms with Gasteiger partial charge >= 0.3 is 6.09 Å². The molecule has 4 unspecified atom stereocenters. The van der Waals surface area contributed by atoms with Crippen LogP contribution in [0, 0.1) is 23.7 Å². The lowest BCUT2D eigenvalue weighted by Crippen LogP contribution is -2.43. The van der Waals surface area contributed by atoms with E-state index < -0.39 is 11.7 Å². The molecule has 2 fully saturated rings. The average molecular weight is 434 g/mol. The summed E-state index contributed by atoms with van der Waals surface area (Å²) in [5.41, 5.74) is -0.517. The molecule has 0 aromatic rings. The highest BCUT2D eigenvalue weighted by atomic mass is 16.6. The number of fused-ring (bicyclic) bond motifs is 5. The summed E-state index contributed by atoms with van der Waals surface area (Å²) in [6.07, 6.45) is 5.38. The van der Waals surface area contributed by atoms with Crippen molar-refractivity contribution >= 4 is 23.9 Å². The molecule has 3 aliphatic rings. The third-order valence-corrected chi connectivity index (χ3v) is 5.81. The number of nitrogens with one attached hydrogen (secondary N) is 3. The van der Waals surface area contributed by atoms with Gasteiger partial charge in [-0.2, -0.15) is 0 Å². The van der Waals surface area contributed by atoms with Crippen LogP contribution >= 0.6 is 0 Å². The number of carbonyl (C=O) groups excluding carboxylic acids is 3. The molecule has 9 nitrogen and oxygen atoms in total. The summed E-state index contributed by atoms with van der Waals surface area (Å²) < 4.78 is 5.19. The Hall–Kier alpha value is -2.58. The second-order valence-corrected chi connectivity index (χ2v) is 9.30. The van der Waals surface area contributed by atoms with Gasteiger partial charge in [-0.05, 0) is 52.4 Å². The molecule has 3 amide bonds. The van der Waals surface area contributed by atoms with E-state index in [1.807, 2.05) is 27.7 Å². The number of nitrogens with zero attached hydrogens (tertiary/aromatic N) is 2. The van der Waals surface area contributed by atoms with E-state index in [1.54, 1.807) is 0 Å². The van der Waals surface area contributed by atoms with Crippen molar-refractivity contribution in [2.75, 3.05) is 32.7 Å². The molecule has 1 aliphatic heterocycles. The summed E-state index contributed by atoms with van der Waals surface area (Å²) in [4.78, 5) is 43.0. The zero-order chi connectivity index (χ0) is 22.6. The lowest BCUT2D eigenvalue weighted by Gasteiger charge is -2.19. The number of alkyl carbamates (subject to hydrolysis) is 1. The van der Waals surface area contributed by atoms with Crippen LogP contribution in [0.1, 0.15) is 40.5 Å². The molecule has 3 rings (SSSR count). The van der Waals surface area contributed by atoms with Crippen molar-refractivity contribution in [1.82, 2.24) is 20.9 Å². The van der Waals surface area contributed by atoms with Gasteiger partial charge in [0.25, 0.3) is 0 Å². The Morgan fingerprint density at radius 1 is 1.10 bits per heavy atom. The molecule has 1 heterocycles. The van der Waals surface area contributed by atoms with Gasteiger partial charge < -0.3 is 20.7 Å². The molecule has 172 valence electrons. The van der Waals surface area contributed by atoms with Crippen molar-refractivity contribution in [3.63, 3.8) is 0 Å². The van der Waals surface area contributed by atoms with E-state index in [-0.39, 0.29) is 35.5 Å². The highest BCUT2D eigenvalue weighted by Crippen LogP contribution is 2.52. The lowest BCUT2D eigenvalue weighted by atomic mass is 9.85. The van der Waals surface area contributed by atoms with Crippen LogP contribution < -0.4 is 16.0 Å². The van der Waals surface area contributed by atoms with Crippen molar-refractivity contribution in [2.24, 2.45) is 28.7 Å². The van der Waals surface area contributed by atoms with Gasteiger partial charge in [0.05, 0.1) is 11.8 Å². The fourth-order valence-electron chi connectivity index (χ4n) is 4.59. The first-order valence-corrected chi connectivity index (χ1v) is 11.2. The number of rotatable bonds is 8. The topological polar surface area (TPSA) is 112 Å². The highest BCUT2D eigenvalue weighted by molar-refractivity contribution is 6.06. The minimum Gasteiger partial charge on any atom is -0.444 e. The van der Waals surface area contributed by atoms with E-state index in [0.29, 0.717) is 45.1 Å². The molecule has 0 aromatic heterocycles. The SMILES string of the molecule is CCNC(=NCCCNC(=O)OC(C)(C)C)NCCN1C(=O)C2C3C=CC(C3)C2C1=O. The fraction of sp³-hybridized carbons (Fsp3) is 0.727. The van der Waals surface area contributed by atoms with Crippen molar-refractivity contribution < 1.29 is 19.1 Å². The van der Waals surface area contributed by atoms with Gasteiger partial charge in [-0.1, -0.05) is 12.2 Å². The van der Waals surface area contributed by atoms with Crippen molar-refractivity contribution in [1.29, 1.82) is 0 Å². The van der Waals surface area contributed by atoms with Crippen molar-refractivity contribution in [2.45, 2.75) is 46.1 Å². The van der Waals surface area contributed by atoms with E-state index >= 15 is 0 Å². The second-order valence-electron chi connectivity index (χ2n) is 9.30. The Morgan fingerprint density at radius 2 is 1.74 bits per heavy atom. The van der Waals surface area contributed by atoms with Crippen LogP contribution in [0.25, 0.3) is 0 Å². The number of allylic oxidation sites excluding steroid dienone is 2. The van der Waals surface area contributed by atoms with Crippen molar-refractivity contribution in [3.8, 4) is 0 Å². The van der Waals surface area contributed by atoms with E-state index in [0.717, 1.165) is 6.42 Å². The molecule has 2 aliphatic carbocycles. The van der Waals surface area contributed by atoms with Gasteiger partial charge in [-0.25, -0.2) is 4.79 Å². The van der Waals surface area contributed by atoms with E-state index in [1.165, 1.54) is 4.90 Å². The fourth-order valence-corrected chi connectivity index (χ4v) is 4.59. The quantitative estimate of drug-likeness (QED) is 0.175. The summed E-state index contributed by atoms with van der Waals surface area (Å²) in [5, 5.41) is 9.05. The zero-order valence-corrected chi connectivity index (χ0v) is 18.9. The maximum atomic E-state index is 12.7. The first-order chi connectivity index (χ1) is 14.7. The predicted molar refractivity (Wildman–Crippen MR) is 117 cm³/mol. The number of likely N-dealkylation sites (tertiary alicyclic amines) is 1. The Kier molecular flexibility index (Phi) is 7.23. The summed E-state index contributed by atoms with van der Waals surface area (Å²) in [5.74, 6) is 0.743. The molecule has 31 heavy (non-hydrogen) atoms. The van der Waals surface area contributed by atoms with Crippen LogP contribution in [-0.2, 0) is 14.3 Å². The monoisotopic (exact) mass is 433 g/mol. The van der Waals surface area contributed by atoms with Crippen molar-refractivity contribution in [3.05, 3.63) is 12.2 Å². The van der Waals surface area contributed by atoms with Gasteiger partial charge in [0, 0.05) is 32.7 Å². The normalized spacial score (nSPS) is 27.0. The first-order valence-electron chi connectivity index (χ1n) is 11.2. The molecular weight excluding hydrogens is 398 g/mol. The largest absolute Gasteiger partial charge is 0.444 e. The van der Waals surface area contributed by atoms with Crippen LogP contribution in [-0.4, -0.2) is 67.1 Å². The Balaban J connectivity index is 1.39. The second kappa shape index (κ2) is 9.70. The number of guanidine groups is 1. The Labute approximate surface area is 184 Å². The first kappa shape index (κ1) is 23.1. The van der Waals surface area contributed by atoms with Gasteiger partial charge in [0.2, 0.25) is 11.8 Å². The third kappa shape index (κ3) is 5.57. The van der Waals surface area contributed by atoms with Crippen LogP contribution in [0.3, 0.4) is 0 Å². The number of ether oxygens (including phenoxy) is 1. The van der Waals surface area contributed by atoms with Crippen LogP contribution in [0.15, 0.2) is 17.1 Å². The Bertz CT molecular complexity index is 727. The number of hydrogen-bond acceptors (Lipinski definition) is 5. The molecule has 9 heteroatoms. The van der Waals surface area contributed by atoms with Crippen LogP contribution in [0.4, 0.5) is 4.79 Å². The minimum atomic E-state index is -0.517. The summed E-state index contributed by atoms with van der Waals surface area (Å²) in [6, 6.07) is 0. The number of carbonyl (C=O) groups is 3. The molecule has 4 atom stereocenters. The maximum absolute atomic E-state index is 12.7. The van der Waals surface area contributed by atoms with E-state index in [9.17, 15) is 14.4 Å². The molecule has 3 N–H and O–H groups in total. The number of aliphatic imine (C=N–C) groups is 1. The molecule has 0 spiro atoms. The van der Waals surface area contributed by atoms with Crippen LogP contribution in [0.2, 0.25) is 0 Å². The smallest absolute Gasteiger partial charge is 0.407 e. The number of imide groups is 1. The Morgan fingerprint density at radius 3 is 2.32 bits per heavy atom. The van der Waals surface area contributed by atoms with E-state index in [4.69, 9.17) is 4.74 Å². The molecular formula is C22H35N5O4.